The number of furan rings is 1. The number of anilines is 2. The highest BCUT2D eigenvalue weighted by Crippen LogP contribution is 2.35. The number of rotatable bonds is 9. The first kappa shape index (κ1) is 28.3. The third-order valence-corrected chi connectivity index (χ3v) is 7.55. The Bertz CT molecular complexity index is 1680. The van der Waals surface area contributed by atoms with Crippen molar-refractivity contribution >= 4 is 58.6 Å². The van der Waals surface area contributed by atoms with Crippen molar-refractivity contribution in [2.45, 2.75) is 23.5 Å². The third kappa shape index (κ3) is 6.56. The second kappa shape index (κ2) is 12.5. The van der Waals surface area contributed by atoms with Crippen molar-refractivity contribution in [3.8, 4) is 0 Å². The van der Waals surface area contributed by atoms with Gasteiger partial charge in [0.1, 0.15) is 11.5 Å². The Balaban J connectivity index is 1.29. The molecule has 1 fully saturated rings. The van der Waals surface area contributed by atoms with Gasteiger partial charge in [-0.15, -0.1) is 11.8 Å². The minimum Gasteiger partial charge on any atom is -0.465 e. The number of ketones is 1. The summed E-state index contributed by atoms with van der Waals surface area (Å²) >= 11 is 1.21. The maximum Gasteiger partial charge on any atom is 0.272 e. The molecule has 3 aromatic carbocycles. The van der Waals surface area contributed by atoms with E-state index in [2.05, 4.69) is 10.6 Å². The summed E-state index contributed by atoms with van der Waals surface area (Å²) in [6, 6.07) is 25.0. The van der Waals surface area contributed by atoms with Gasteiger partial charge in [-0.25, -0.2) is 4.90 Å². The molecule has 0 unspecified atom stereocenters. The lowest BCUT2D eigenvalue weighted by atomic mass is 10.1. The monoisotopic (exact) mass is 579 g/mol. The van der Waals surface area contributed by atoms with Crippen molar-refractivity contribution in [3.63, 3.8) is 0 Å². The Morgan fingerprint density at radius 2 is 1.67 bits per heavy atom. The number of Topliss-reactive ketones (excluding diaryl/α,β-unsaturated/α-hetero) is 1. The van der Waals surface area contributed by atoms with Crippen LogP contribution >= 0.6 is 11.8 Å². The van der Waals surface area contributed by atoms with E-state index in [1.165, 1.54) is 31.0 Å². The molecule has 5 rings (SSSR count). The third-order valence-electron chi connectivity index (χ3n) is 6.37. The SMILES string of the molecule is CC(=O)c1ccc(N2C(=O)C[C@@H](Sc3cccc(NC(=O)/C(=C\c4ccco4)NC(=O)c4ccccc4)c3)C2=O)cc1. The predicted molar refractivity (Wildman–Crippen MR) is 159 cm³/mol. The van der Waals surface area contributed by atoms with Crippen LogP contribution in [0.5, 0.6) is 0 Å². The highest BCUT2D eigenvalue weighted by atomic mass is 32.2. The van der Waals surface area contributed by atoms with Gasteiger partial charge in [-0.1, -0.05) is 24.3 Å². The molecule has 0 spiro atoms. The van der Waals surface area contributed by atoms with E-state index in [0.717, 1.165) is 4.90 Å². The molecule has 4 aromatic rings. The van der Waals surface area contributed by atoms with E-state index in [-0.39, 0.29) is 29.7 Å². The largest absolute Gasteiger partial charge is 0.465 e. The van der Waals surface area contributed by atoms with Crippen LogP contribution in [-0.4, -0.2) is 34.7 Å². The molecule has 0 radical (unpaired) electrons. The van der Waals surface area contributed by atoms with Crippen LogP contribution in [0.25, 0.3) is 6.08 Å². The number of carbonyl (C=O) groups is 5. The minimum absolute atomic E-state index is 0.0100. The van der Waals surface area contributed by atoms with Crippen molar-refractivity contribution in [1.82, 2.24) is 5.32 Å². The fourth-order valence-corrected chi connectivity index (χ4v) is 5.39. The summed E-state index contributed by atoms with van der Waals surface area (Å²) < 4.78 is 5.33. The standard InChI is InChI=1S/C32H25N3O6S/c1-20(36)21-12-14-24(15-13-21)35-29(37)19-28(32(35)40)42-26-11-5-9-23(17-26)33-31(39)27(18-25-10-6-16-41-25)34-30(38)22-7-3-2-4-8-22/h2-18,28H,19H2,1H3,(H,33,39)(H,34,38)/b27-18+/t28-/m1/s1. The Morgan fingerprint density at radius 3 is 2.36 bits per heavy atom. The molecule has 1 aliphatic heterocycles. The van der Waals surface area contributed by atoms with Gasteiger partial charge < -0.3 is 15.1 Å². The van der Waals surface area contributed by atoms with Gasteiger partial charge in [0, 0.05) is 34.2 Å². The molecule has 0 saturated carbocycles. The summed E-state index contributed by atoms with van der Waals surface area (Å²) in [6.07, 6.45) is 2.89. The summed E-state index contributed by atoms with van der Waals surface area (Å²) in [4.78, 5) is 65.3. The molecule has 4 amide bonds. The van der Waals surface area contributed by atoms with Gasteiger partial charge in [-0.3, -0.25) is 24.0 Å². The van der Waals surface area contributed by atoms with Crippen LogP contribution in [0, 0.1) is 0 Å². The van der Waals surface area contributed by atoms with Gasteiger partial charge in [-0.05, 0) is 73.7 Å². The molecule has 2 N–H and O–H groups in total. The number of thioether (sulfide) groups is 1. The number of benzene rings is 3. The number of hydrogen-bond donors (Lipinski definition) is 2. The van der Waals surface area contributed by atoms with Gasteiger partial charge in [0.15, 0.2) is 5.78 Å². The lowest BCUT2D eigenvalue weighted by Crippen LogP contribution is -2.31. The maximum absolute atomic E-state index is 13.3. The zero-order valence-electron chi connectivity index (χ0n) is 22.4. The van der Waals surface area contributed by atoms with E-state index < -0.39 is 17.1 Å². The second-order valence-corrected chi connectivity index (χ2v) is 10.6. The molecule has 1 aromatic heterocycles. The van der Waals surface area contributed by atoms with Crippen LogP contribution in [-0.2, 0) is 14.4 Å². The number of hydrogen-bond acceptors (Lipinski definition) is 7. The second-order valence-electron chi connectivity index (χ2n) is 9.36. The first-order valence-electron chi connectivity index (χ1n) is 13.0. The Labute approximate surface area is 245 Å². The predicted octanol–water partition coefficient (Wildman–Crippen LogP) is 5.32. The van der Waals surface area contributed by atoms with Crippen molar-refractivity contribution in [3.05, 3.63) is 120 Å². The Kier molecular flexibility index (Phi) is 8.44. The van der Waals surface area contributed by atoms with Crippen LogP contribution in [0.3, 0.4) is 0 Å². The van der Waals surface area contributed by atoms with Gasteiger partial charge in [-0.2, -0.15) is 0 Å². The van der Waals surface area contributed by atoms with Gasteiger partial charge in [0.05, 0.1) is 17.2 Å². The Morgan fingerprint density at radius 1 is 0.905 bits per heavy atom. The topological polar surface area (TPSA) is 126 Å². The highest BCUT2D eigenvalue weighted by molar-refractivity contribution is 8.00. The first-order valence-corrected chi connectivity index (χ1v) is 13.8. The van der Waals surface area contributed by atoms with Crippen molar-refractivity contribution in [2.75, 3.05) is 10.2 Å². The van der Waals surface area contributed by atoms with Crippen LogP contribution in [0.1, 0.15) is 39.8 Å². The molecule has 42 heavy (non-hydrogen) atoms. The van der Waals surface area contributed by atoms with Crippen LogP contribution in [0.2, 0.25) is 0 Å². The average molecular weight is 580 g/mol. The Hall–Kier alpha value is -5.22. The summed E-state index contributed by atoms with van der Waals surface area (Å²) in [5.41, 5.74) is 1.68. The fraction of sp³-hybridized carbons (Fsp3) is 0.0938. The van der Waals surface area contributed by atoms with E-state index in [1.807, 2.05) is 0 Å². The molecule has 1 aliphatic rings. The quantitative estimate of drug-likeness (QED) is 0.156. The molecule has 1 atom stereocenters. The lowest BCUT2D eigenvalue weighted by molar-refractivity contribution is -0.121. The first-order chi connectivity index (χ1) is 20.3. The molecular formula is C32H25N3O6S. The van der Waals surface area contributed by atoms with E-state index in [9.17, 15) is 24.0 Å². The summed E-state index contributed by atoms with van der Waals surface area (Å²) in [5.74, 6) is -1.46. The van der Waals surface area contributed by atoms with Gasteiger partial charge in [0.2, 0.25) is 11.8 Å². The normalized spacial score (nSPS) is 15.0. The van der Waals surface area contributed by atoms with E-state index in [4.69, 9.17) is 4.42 Å². The molecule has 210 valence electrons. The molecule has 10 heteroatoms. The number of imide groups is 1. The van der Waals surface area contributed by atoms with Gasteiger partial charge >= 0.3 is 0 Å². The maximum atomic E-state index is 13.3. The number of carbonyl (C=O) groups excluding carboxylic acids is 5. The molecule has 0 bridgehead atoms. The van der Waals surface area contributed by atoms with Crippen LogP contribution < -0.4 is 15.5 Å². The zero-order valence-corrected chi connectivity index (χ0v) is 23.2. The van der Waals surface area contributed by atoms with E-state index in [1.54, 1.807) is 91.0 Å². The minimum atomic E-state index is -0.657. The summed E-state index contributed by atoms with van der Waals surface area (Å²) in [6.45, 7) is 1.45. The summed E-state index contributed by atoms with van der Waals surface area (Å²) in [5, 5.41) is 4.77. The molecule has 1 saturated heterocycles. The van der Waals surface area contributed by atoms with Crippen molar-refractivity contribution < 1.29 is 28.4 Å². The average Bonchev–Trinajstić information content (AvgIpc) is 3.60. The van der Waals surface area contributed by atoms with E-state index >= 15 is 0 Å². The number of nitrogens with zero attached hydrogens (tertiary/aromatic N) is 1. The number of amides is 4. The van der Waals surface area contributed by atoms with Crippen molar-refractivity contribution in [1.29, 1.82) is 0 Å². The molecule has 0 aliphatic carbocycles. The van der Waals surface area contributed by atoms with Crippen LogP contribution in [0.15, 0.2) is 112 Å². The molecule has 9 nitrogen and oxygen atoms in total. The molecule has 2 heterocycles. The van der Waals surface area contributed by atoms with Gasteiger partial charge in [0.25, 0.3) is 11.8 Å². The van der Waals surface area contributed by atoms with Crippen LogP contribution in [0.4, 0.5) is 11.4 Å². The highest BCUT2D eigenvalue weighted by Gasteiger charge is 2.40. The number of nitrogens with one attached hydrogen (secondary N) is 2. The molecular weight excluding hydrogens is 554 g/mol. The fourth-order valence-electron chi connectivity index (χ4n) is 4.28. The zero-order chi connectivity index (χ0) is 29.6. The summed E-state index contributed by atoms with van der Waals surface area (Å²) in [7, 11) is 0. The lowest BCUT2D eigenvalue weighted by Gasteiger charge is -2.15. The van der Waals surface area contributed by atoms with Crippen molar-refractivity contribution in [2.24, 2.45) is 0 Å². The smallest absolute Gasteiger partial charge is 0.272 e. The van der Waals surface area contributed by atoms with E-state index in [0.29, 0.717) is 33.2 Å².